The van der Waals surface area contributed by atoms with Crippen LogP contribution in [-0.4, -0.2) is 20.1 Å². The molecule has 2 aromatic heterocycles. The van der Waals surface area contributed by atoms with Crippen molar-refractivity contribution in [1.29, 1.82) is 0 Å². The van der Waals surface area contributed by atoms with Crippen molar-refractivity contribution in [2.24, 2.45) is 0 Å². The van der Waals surface area contributed by atoms with Gasteiger partial charge in [-0.15, -0.1) is 0 Å². The third-order valence-electron chi connectivity index (χ3n) is 3.09. The maximum atomic E-state index is 12.5. The molecule has 0 aliphatic carbocycles. The number of aromatic amines is 1. The number of nitrogens with one attached hydrogen (secondary N) is 1. The Kier molecular flexibility index (Phi) is 3.05. The van der Waals surface area contributed by atoms with E-state index >= 15 is 0 Å². The van der Waals surface area contributed by atoms with Crippen molar-refractivity contribution in [3.63, 3.8) is 0 Å². The second kappa shape index (κ2) is 4.79. The van der Waals surface area contributed by atoms with Crippen molar-refractivity contribution < 1.29 is 18.1 Å². The van der Waals surface area contributed by atoms with Crippen LogP contribution in [0.1, 0.15) is 5.56 Å². The van der Waals surface area contributed by atoms with E-state index in [1.165, 1.54) is 24.3 Å². The number of benzene rings is 1. The molecule has 0 aliphatic heterocycles. The van der Waals surface area contributed by atoms with Crippen LogP contribution in [-0.2, 0) is 6.18 Å². The van der Waals surface area contributed by atoms with Crippen LogP contribution in [0.25, 0.3) is 22.3 Å². The lowest BCUT2D eigenvalue weighted by atomic mass is 10.1. The topological polar surface area (TPSA) is 84.7 Å². The molecule has 22 heavy (non-hydrogen) atoms. The average molecular weight is 308 g/mol. The van der Waals surface area contributed by atoms with Gasteiger partial charge in [0.25, 0.3) is 5.69 Å². The lowest BCUT2D eigenvalue weighted by Gasteiger charge is -2.05. The summed E-state index contributed by atoms with van der Waals surface area (Å²) in [6.07, 6.45) is -3.77. The van der Waals surface area contributed by atoms with E-state index in [-0.39, 0.29) is 17.1 Å². The van der Waals surface area contributed by atoms with Crippen molar-refractivity contribution >= 4 is 16.6 Å². The summed E-state index contributed by atoms with van der Waals surface area (Å²) in [7, 11) is 0. The highest BCUT2D eigenvalue weighted by Crippen LogP contribution is 2.31. The zero-order valence-electron chi connectivity index (χ0n) is 10.8. The van der Waals surface area contributed by atoms with Crippen LogP contribution in [0.3, 0.4) is 0 Å². The molecule has 0 saturated heterocycles. The first-order valence-electron chi connectivity index (χ1n) is 6.02. The smallest absolute Gasteiger partial charge is 0.277 e. The molecule has 6 nitrogen and oxygen atoms in total. The van der Waals surface area contributed by atoms with Gasteiger partial charge in [-0.3, -0.25) is 20.2 Å². The molecule has 3 rings (SSSR count). The molecule has 0 bridgehead atoms. The van der Waals surface area contributed by atoms with E-state index in [0.29, 0.717) is 17.1 Å². The largest absolute Gasteiger partial charge is 0.417 e. The first-order valence-corrected chi connectivity index (χ1v) is 6.02. The molecule has 2 heterocycles. The predicted molar refractivity (Wildman–Crippen MR) is 71.0 cm³/mol. The molecular formula is C13H7F3N4O2. The summed E-state index contributed by atoms with van der Waals surface area (Å²) in [5, 5.41) is 17.9. The fourth-order valence-electron chi connectivity index (χ4n) is 2.01. The second-order valence-electron chi connectivity index (χ2n) is 4.49. The number of H-pyrrole nitrogens is 1. The molecule has 0 fully saturated rings. The zero-order valence-corrected chi connectivity index (χ0v) is 10.8. The van der Waals surface area contributed by atoms with Crippen molar-refractivity contribution in [1.82, 2.24) is 15.2 Å². The number of nitro groups is 1. The molecule has 0 radical (unpaired) electrons. The number of pyridine rings is 1. The van der Waals surface area contributed by atoms with E-state index in [1.54, 1.807) is 0 Å². The Morgan fingerprint density at radius 2 is 1.95 bits per heavy atom. The van der Waals surface area contributed by atoms with E-state index in [4.69, 9.17) is 0 Å². The minimum atomic E-state index is -4.47. The van der Waals surface area contributed by atoms with Gasteiger partial charge in [-0.2, -0.15) is 18.3 Å². The lowest BCUT2D eigenvalue weighted by Crippen LogP contribution is -2.05. The number of nitro benzene ring substituents is 1. The highest BCUT2D eigenvalue weighted by molar-refractivity contribution is 5.93. The Hall–Kier alpha value is -2.97. The Morgan fingerprint density at radius 3 is 2.55 bits per heavy atom. The zero-order chi connectivity index (χ0) is 15.9. The number of alkyl halides is 3. The van der Waals surface area contributed by atoms with E-state index in [9.17, 15) is 23.3 Å². The van der Waals surface area contributed by atoms with Crippen molar-refractivity contribution in [2.75, 3.05) is 0 Å². The molecule has 1 N–H and O–H groups in total. The fourth-order valence-corrected chi connectivity index (χ4v) is 2.01. The first kappa shape index (κ1) is 14.0. The van der Waals surface area contributed by atoms with Crippen LogP contribution >= 0.6 is 0 Å². The normalized spacial score (nSPS) is 11.8. The van der Waals surface area contributed by atoms with Gasteiger partial charge in [0.05, 0.1) is 21.7 Å². The maximum Gasteiger partial charge on any atom is 0.417 e. The Labute approximate surface area is 120 Å². The third-order valence-corrected chi connectivity index (χ3v) is 3.09. The number of halogens is 3. The van der Waals surface area contributed by atoms with Crippen LogP contribution < -0.4 is 0 Å². The number of aromatic nitrogens is 3. The summed E-state index contributed by atoms with van der Waals surface area (Å²) in [5.41, 5.74) is -0.0291. The Bertz CT molecular complexity index is 856. The van der Waals surface area contributed by atoms with Crippen LogP contribution in [0.4, 0.5) is 18.9 Å². The molecule has 0 unspecified atom stereocenters. The van der Waals surface area contributed by atoms with Gasteiger partial charge in [-0.1, -0.05) is 0 Å². The maximum absolute atomic E-state index is 12.5. The molecule has 0 saturated carbocycles. The molecule has 112 valence electrons. The van der Waals surface area contributed by atoms with Gasteiger partial charge in [0, 0.05) is 23.7 Å². The average Bonchev–Trinajstić information content (AvgIpc) is 2.89. The highest BCUT2D eigenvalue weighted by Gasteiger charge is 2.30. The molecule has 0 amide bonds. The molecule has 3 aromatic rings. The van der Waals surface area contributed by atoms with Gasteiger partial charge in [-0.25, -0.2) is 0 Å². The summed E-state index contributed by atoms with van der Waals surface area (Å²) in [5.74, 6) is 0. The summed E-state index contributed by atoms with van der Waals surface area (Å²) < 4.78 is 37.6. The quantitative estimate of drug-likeness (QED) is 0.579. The van der Waals surface area contributed by atoms with Crippen LogP contribution in [0.15, 0.2) is 36.5 Å². The van der Waals surface area contributed by atoms with Crippen molar-refractivity contribution in [3.05, 3.63) is 52.2 Å². The number of hydrogen-bond acceptors (Lipinski definition) is 4. The van der Waals surface area contributed by atoms with Gasteiger partial charge < -0.3 is 0 Å². The lowest BCUT2D eigenvalue weighted by molar-refractivity contribution is -0.384. The van der Waals surface area contributed by atoms with Gasteiger partial charge in [0.2, 0.25) is 0 Å². The summed E-state index contributed by atoms with van der Waals surface area (Å²) in [6.45, 7) is 0. The number of fused-ring (bicyclic) bond motifs is 1. The van der Waals surface area contributed by atoms with E-state index in [0.717, 1.165) is 6.07 Å². The van der Waals surface area contributed by atoms with E-state index < -0.39 is 16.7 Å². The van der Waals surface area contributed by atoms with Gasteiger partial charge >= 0.3 is 6.18 Å². The van der Waals surface area contributed by atoms with Crippen LogP contribution in [0.2, 0.25) is 0 Å². The van der Waals surface area contributed by atoms with Gasteiger partial charge in [0.1, 0.15) is 5.69 Å². The fraction of sp³-hybridized carbons (Fsp3) is 0.0769. The Morgan fingerprint density at radius 1 is 1.18 bits per heavy atom. The second-order valence-corrected chi connectivity index (χ2v) is 4.49. The molecular weight excluding hydrogens is 301 g/mol. The molecule has 0 atom stereocenters. The summed E-state index contributed by atoms with van der Waals surface area (Å²) in [4.78, 5) is 14.0. The number of rotatable bonds is 2. The Balaban J connectivity index is 2.10. The summed E-state index contributed by atoms with van der Waals surface area (Å²) in [6, 6.07) is 6.16. The molecule has 1 aromatic carbocycles. The molecule has 0 aliphatic rings. The van der Waals surface area contributed by atoms with Crippen molar-refractivity contribution in [3.8, 4) is 11.4 Å². The van der Waals surface area contributed by atoms with Gasteiger partial charge in [-0.05, 0) is 18.2 Å². The SMILES string of the molecule is O=[N+]([O-])c1ccc2[nH]nc(-c3ccc(C(F)(F)F)cn3)c2c1. The minimum Gasteiger partial charge on any atom is -0.277 e. The predicted octanol–water partition coefficient (Wildman–Crippen LogP) is 3.55. The van der Waals surface area contributed by atoms with Crippen molar-refractivity contribution in [2.45, 2.75) is 6.18 Å². The standard InChI is InChI=1S/C13H7F3N4O2/c14-13(15,16)7-1-3-11(17-6-7)12-9-5-8(20(21)22)2-4-10(9)18-19-12/h1-6H,(H,18,19). The molecule has 0 spiro atoms. The van der Waals surface area contributed by atoms with Crippen LogP contribution in [0.5, 0.6) is 0 Å². The molecule has 9 heteroatoms. The van der Waals surface area contributed by atoms with E-state index in [2.05, 4.69) is 15.2 Å². The number of nitrogens with zero attached hydrogens (tertiary/aromatic N) is 3. The van der Waals surface area contributed by atoms with Gasteiger partial charge in [0.15, 0.2) is 0 Å². The minimum absolute atomic E-state index is 0.137. The van der Waals surface area contributed by atoms with Crippen LogP contribution in [0, 0.1) is 10.1 Å². The monoisotopic (exact) mass is 308 g/mol. The first-order chi connectivity index (χ1) is 10.4. The highest BCUT2D eigenvalue weighted by atomic mass is 19.4. The third kappa shape index (κ3) is 2.36. The van der Waals surface area contributed by atoms with E-state index in [1.807, 2.05) is 0 Å². The number of hydrogen-bond donors (Lipinski definition) is 1. The number of non-ortho nitro benzene ring substituents is 1. The summed E-state index contributed by atoms with van der Waals surface area (Å²) >= 11 is 0.